The van der Waals surface area contributed by atoms with Crippen LogP contribution in [0.2, 0.25) is 0 Å². The summed E-state index contributed by atoms with van der Waals surface area (Å²) >= 11 is 0. The molecule has 0 aliphatic heterocycles. The Hall–Kier alpha value is -0.830. The van der Waals surface area contributed by atoms with Crippen LogP contribution < -0.4 is 5.73 Å². The average molecular weight is 410 g/mol. The number of allylic oxidation sites excluding steroid dienone is 2. The first-order valence-corrected chi connectivity index (χ1v) is 12.7. The van der Waals surface area contributed by atoms with Gasteiger partial charge in [-0.1, -0.05) is 103 Å². The first kappa shape index (κ1) is 28.2. The van der Waals surface area contributed by atoms with Crippen LogP contribution >= 0.6 is 0 Å². The van der Waals surface area contributed by atoms with Crippen LogP contribution in [0.25, 0.3) is 0 Å². The topological polar surface area (TPSA) is 63.3 Å². The van der Waals surface area contributed by atoms with E-state index < -0.39 is 0 Å². The molecule has 0 radical (unpaired) electrons. The highest BCUT2D eigenvalue weighted by Crippen LogP contribution is 2.24. The number of amides is 1. The lowest BCUT2D eigenvalue weighted by Gasteiger charge is -2.22. The molecular formula is C26H51NO2. The van der Waals surface area contributed by atoms with Gasteiger partial charge in [0.25, 0.3) is 0 Å². The maximum atomic E-state index is 11.8. The SMILES string of the molecule is CCCCCCCC/C=C\CCCCCCCCC(C(N)=O)C(CO)CCCC. The fourth-order valence-corrected chi connectivity index (χ4v) is 4.11. The largest absolute Gasteiger partial charge is 0.396 e. The van der Waals surface area contributed by atoms with Crippen molar-refractivity contribution in [1.82, 2.24) is 0 Å². The number of nitrogens with two attached hydrogens (primary N) is 1. The van der Waals surface area contributed by atoms with Crippen LogP contribution in [-0.4, -0.2) is 17.6 Å². The number of hydrogen-bond donors (Lipinski definition) is 2. The van der Waals surface area contributed by atoms with Crippen molar-refractivity contribution in [1.29, 1.82) is 0 Å². The summed E-state index contributed by atoms with van der Waals surface area (Å²) in [7, 11) is 0. The van der Waals surface area contributed by atoms with E-state index in [1.807, 2.05) is 0 Å². The van der Waals surface area contributed by atoms with Gasteiger partial charge in [0.05, 0.1) is 0 Å². The maximum Gasteiger partial charge on any atom is 0.220 e. The number of hydrogen-bond acceptors (Lipinski definition) is 2. The first-order chi connectivity index (χ1) is 14.2. The van der Waals surface area contributed by atoms with Crippen LogP contribution in [0, 0.1) is 11.8 Å². The number of carbonyl (C=O) groups excluding carboxylic acids is 1. The van der Waals surface area contributed by atoms with Crippen molar-refractivity contribution in [3.63, 3.8) is 0 Å². The minimum atomic E-state index is -0.229. The van der Waals surface area contributed by atoms with Gasteiger partial charge < -0.3 is 10.8 Å². The Kier molecular flexibility index (Phi) is 21.2. The van der Waals surface area contributed by atoms with Gasteiger partial charge in [0, 0.05) is 12.5 Å². The lowest BCUT2D eigenvalue weighted by atomic mass is 9.84. The number of carbonyl (C=O) groups is 1. The van der Waals surface area contributed by atoms with E-state index in [2.05, 4.69) is 26.0 Å². The molecule has 172 valence electrons. The standard InChI is InChI=1S/C26H51NO2/c1-3-5-7-8-9-10-11-12-13-14-15-16-17-18-19-20-22-25(26(27)29)24(23-28)21-6-4-2/h12-13,24-25,28H,3-11,14-23H2,1-2H3,(H2,27,29)/b13-12-. The summed E-state index contributed by atoms with van der Waals surface area (Å²) in [6.07, 6.45) is 26.7. The molecule has 0 aromatic carbocycles. The van der Waals surface area contributed by atoms with E-state index >= 15 is 0 Å². The smallest absolute Gasteiger partial charge is 0.220 e. The molecule has 0 aromatic heterocycles. The molecule has 29 heavy (non-hydrogen) atoms. The number of unbranched alkanes of at least 4 members (excludes halogenated alkanes) is 13. The monoisotopic (exact) mass is 409 g/mol. The van der Waals surface area contributed by atoms with Crippen molar-refractivity contribution >= 4 is 5.91 Å². The van der Waals surface area contributed by atoms with Crippen LogP contribution in [0.4, 0.5) is 0 Å². The number of aliphatic hydroxyl groups is 1. The number of aliphatic hydroxyl groups excluding tert-OH is 1. The molecule has 0 fully saturated rings. The van der Waals surface area contributed by atoms with Crippen molar-refractivity contribution < 1.29 is 9.90 Å². The molecule has 0 spiro atoms. The third kappa shape index (κ3) is 17.7. The second-order valence-corrected chi connectivity index (χ2v) is 8.82. The molecule has 0 saturated carbocycles. The van der Waals surface area contributed by atoms with Crippen LogP contribution in [-0.2, 0) is 4.79 Å². The molecule has 1 amide bonds. The fourth-order valence-electron chi connectivity index (χ4n) is 4.11. The molecule has 3 heteroatoms. The predicted octanol–water partition coefficient (Wildman–Crippen LogP) is 7.31. The van der Waals surface area contributed by atoms with Gasteiger partial charge in [0.15, 0.2) is 0 Å². The lowest BCUT2D eigenvalue weighted by Crippen LogP contribution is -2.32. The van der Waals surface area contributed by atoms with Gasteiger partial charge in [-0.2, -0.15) is 0 Å². The fraction of sp³-hybridized carbons (Fsp3) is 0.885. The van der Waals surface area contributed by atoms with E-state index in [9.17, 15) is 9.90 Å². The molecule has 3 N–H and O–H groups in total. The zero-order valence-electron chi connectivity index (χ0n) is 19.7. The van der Waals surface area contributed by atoms with Crippen LogP contribution in [0.5, 0.6) is 0 Å². The van der Waals surface area contributed by atoms with Gasteiger partial charge in [-0.3, -0.25) is 4.79 Å². The van der Waals surface area contributed by atoms with Gasteiger partial charge in [-0.05, 0) is 44.4 Å². The van der Waals surface area contributed by atoms with Crippen molar-refractivity contribution in [2.75, 3.05) is 6.61 Å². The summed E-state index contributed by atoms with van der Waals surface area (Å²) in [6.45, 7) is 4.49. The lowest BCUT2D eigenvalue weighted by molar-refractivity contribution is -0.124. The molecule has 2 atom stereocenters. The highest BCUT2D eigenvalue weighted by molar-refractivity contribution is 5.76. The number of primary amides is 1. The van der Waals surface area contributed by atoms with E-state index in [1.54, 1.807) is 0 Å². The van der Waals surface area contributed by atoms with Crippen molar-refractivity contribution in [2.45, 2.75) is 129 Å². The molecule has 0 rings (SSSR count). The van der Waals surface area contributed by atoms with Gasteiger partial charge >= 0.3 is 0 Å². The van der Waals surface area contributed by atoms with E-state index in [-0.39, 0.29) is 24.3 Å². The summed E-state index contributed by atoms with van der Waals surface area (Å²) in [5, 5.41) is 9.59. The predicted molar refractivity (Wildman–Crippen MR) is 127 cm³/mol. The van der Waals surface area contributed by atoms with E-state index in [0.29, 0.717) is 0 Å². The second kappa shape index (κ2) is 21.9. The quantitative estimate of drug-likeness (QED) is 0.145. The summed E-state index contributed by atoms with van der Waals surface area (Å²) in [5.41, 5.74) is 5.59. The third-order valence-electron chi connectivity index (χ3n) is 6.12. The second-order valence-electron chi connectivity index (χ2n) is 8.82. The van der Waals surface area contributed by atoms with Gasteiger partial charge in [0.1, 0.15) is 0 Å². The van der Waals surface area contributed by atoms with Crippen molar-refractivity contribution in [3.05, 3.63) is 12.2 Å². The summed E-state index contributed by atoms with van der Waals surface area (Å²) in [6, 6.07) is 0. The molecule has 0 saturated heterocycles. The summed E-state index contributed by atoms with van der Waals surface area (Å²) in [5.74, 6) is -0.327. The highest BCUT2D eigenvalue weighted by atomic mass is 16.3. The van der Waals surface area contributed by atoms with Gasteiger partial charge in [0.2, 0.25) is 5.91 Å². The van der Waals surface area contributed by atoms with Gasteiger partial charge in [-0.25, -0.2) is 0 Å². The van der Waals surface area contributed by atoms with E-state index in [4.69, 9.17) is 5.73 Å². The molecule has 0 aliphatic carbocycles. The Morgan fingerprint density at radius 1 is 0.724 bits per heavy atom. The van der Waals surface area contributed by atoms with Crippen LogP contribution in [0.1, 0.15) is 129 Å². The molecular weight excluding hydrogens is 358 g/mol. The number of rotatable bonds is 22. The van der Waals surface area contributed by atoms with Gasteiger partial charge in [-0.15, -0.1) is 0 Å². The zero-order valence-corrected chi connectivity index (χ0v) is 19.7. The Morgan fingerprint density at radius 2 is 1.21 bits per heavy atom. The summed E-state index contributed by atoms with van der Waals surface area (Å²) < 4.78 is 0. The molecule has 0 aromatic rings. The molecule has 0 heterocycles. The highest BCUT2D eigenvalue weighted by Gasteiger charge is 2.24. The summed E-state index contributed by atoms with van der Waals surface area (Å²) in [4.78, 5) is 11.8. The van der Waals surface area contributed by atoms with E-state index in [0.717, 1.165) is 32.1 Å². The Bertz CT molecular complexity index is 381. The minimum absolute atomic E-state index is 0.0515. The normalized spacial score (nSPS) is 13.8. The zero-order chi connectivity index (χ0) is 21.6. The third-order valence-corrected chi connectivity index (χ3v) is 6.12. The van der Waals surface area contributed by atoms with E-state index in [1.165, 1.54) is 83.5 Å². The Balaban J connectivity index is 3.59. The minimum Gasteiger partial charge on any atom is -0.396 e. The van der Waals surface area contributed by atoms with Crippen LogP contribution in [0.15, 0.2) is 12.2 Å². The molecule has 0 bridgehead atoms. The molecule has 0 aliphatic rings. The van der Waals surface area contributed by atoms with Crippen molar-refractivity contribution in [3.8, 4) is 0 Å². The molecule has 3 nitrogen and oxygen atoms in total. The Labute approximate surface area is 181 Å². The first-order valence-electron chi connectivity index (χ1n) is 12.7. The van der Waals surface area contributed by atoms with Crippen LogP contribution in [0.3, 0.4) is 0 Å². The van der Waals surface area contributed by atoms with Crippen molar-refractivity contribution in [2.24, 2.45) is 17.6 Å². The molecule has 2 unspecified atom stereocenters. The maximum absolute atomic E-state index is 11.8. The Morgan fingerprint density at radius 3 is 1.69 bits per heavy atom. The average Bonchev–Trinajstić information content (AvgIpc) is 2.71.